The van der Waals surface area contributed by atoms with Gasteiger partial charge in [-0.25, -0.2) is 0 Å². The van der Waals surface area contributed by atoms with E-state index in [4.69, 9.17) is 5.11 Å². The zero-order chi connectivity index (χ0) is 9.68. The van der Waals surface area contributed by atoms with E-state index in [-0.39, 0.29) is 0 Å². The van der Waals surface area contributed by atoms with E-state index >= 15 is 0 Å². The van der Waals surface area contributed by atoms with Crippen molar-refractivity contribution in [3.63, 3.8) is 0 Å². The molecule has 0 aliphatic heterocycles. The van der Waals surface area contributed by atoms with Crippen LogP contribution in [0.15, 0.2) is 35.9 Å². The van der Waals surface area contributed by atoms with Crippen molar-refractivity contribution >= 4 is 12.6 Å². The van der Waals surface area contributed by atoms with Crippen LogP contribution < -0.4 is 0 Å². The molecule has 1 aromatic rings. The summed E-state index contributed by atoms with van der Waals surface area (Å²) in [6.07, 6.45) is 3.02. The predicted octanol–water partition coefficient (Wildman–Crippen LogP) is 2.81. The quantitative estimate of drug-likeness (QED) is 0.560. The number of hydrogen-bond donors (Lipinski definition) is 2. The highest BCUT2D eigenvalue weighted by atomic mass is 32.1. The van der Waals surface area contributed by atoms with Crippen LogP contribution in [0.25, 0.3) is 0 Å². The van der Waals surface area contributed by atoms with Gasteiger partial charge in [-0.3, -0.25) is 0 Å². The summed E-state index contributed by atoms with van der Waals surface area (Å²) in [6, 6.07) is 7.29. The van der Waals surface area contributed by atoms with Gasteiger partial charge >= 0.3 is 0 Å². The van der Waals surface area contributed by atoms with Crippen molar-refractivity contribution < 1.29 is 5.11 Å². The Bertz CT molecular complexity index is 287. The molecule has 0 amide bonds. The molecule has 2 heteroatoms. The van der Waals surface area contributed by atoms with E-state index in [1.807, 2.05) is 12.1 Å². The Kier molecular flexibility index (Phi) is 3.90. The molecule has 0 aromatic heterocycles. The van der Waals surface area contributed by atoms with Crippen LogP contribution in [0.3, 0.4) is 0 Å². The first-order valence-electron chi connectivity index (χ1n) is 4.27. The van der Waals surface area contributed by atoms with Crippen LogP contribution in [-0.4, -0.2) is 10.9 Å². The third-order valence-corrected chi connectivity index (χ3v) is 2.04. The third kappa shape index (κ3) is 3.55. The van der Waals surface area contributed by atoms with Crippen LogP contribution in [-0.2, 0) is 6.42 Å². The number of phenolic OH excluding ortho intramolecular Hbond substituents is 1. The van der Waals surface area contributed by atoms with Gasteiger partial charge in [-0.1, -0.05) is 23.8 Å². The lowest BCUT2D eigenvalue weighted by Gasteiger charge is -2.01. The third-order valence-electron chi connectivity index (χ3n) is 1.86. The minimum atomic E-state index is 0.319. The average Bonchev–Trinajstić information content (AvgIpc) is 2.09. The summed E-state index contributed by atoms with van der Waals surface area (Å²) in [5.74, 6) is 1.10. The van der Waals surface area contributed by atoms with E-state index in [0.29, 0.717) is 5.75 Å². The molecule has 1 aromatic carbocycles. The first kappa shape index (κ1) is 10.2. The standard InChI is InChI=1S/C11H14OS/c1-9(6-7-13)8-10-2-4-11(12)5-3-10/h2-6,12-13H,7-8H2,1H3. The second kappa shape index (κ2) is 4.97. The number of thiol groups is 1. The molecular formula is C11H14OS. The van der Waals surface area contributed by atoms with Crippen molar-refractivity contribution in [3.05, 3.63) is 41.5 Å². The normalized spacial score (nSPS) is 11.7. The second-order valence-electron chi connectivity index (χ2n) is 3.08. The maximum absolute atomic E-state index is 9.07. The maximum Gasteiger partial charge on any atom is 0.115 e. The fraction of sp³-hybridized carbons (Fsp3) is 0.273. The van der Waals surface area contributed by atoms with Crippen LogP contribution in [0.4, 0.5) is 0 Å². The number of allylic oxidation sites excluding steroid dienone is 1. The first-order valence-corrected chi connectivity index (χ1v) is 4.90. The molecule has 0 aliphatic carbocycles. The lowest BCUT2D eigenvalue weighted by Crippen LogP contribution is -1.86. The summed E-state index contributed by atoms with van der Waals surface area (Å²) in [7, 11) is 0. The highest BCUT2D eigenvalue weighted by Crippen LogP contribution is 2.12. The molecular weight excluding hydrogens is 180 g/mol. The van der Waals surface area contributed by atoms with Gasteiger partial charge in [0.1, 0.15) is 5.75 Å². The minimum Gasteiger partial charge on any atom is -0.508 e. The summed E-state index contributed by atoms with van der Waals surface area (Å²) in [5, 5.41) is 9.07. The lowest BCUT2D eigenvalue weighted by atomic mass is 10.1. The summed E-state index contributed by atoms with van der Waals surface area (Å²) >= 11 is 4.13. The highest BCUT2D eigenvalue weighted by molar-refractivity contribution is 7.80. The van der Waals surface area contributed by atoms with Crippen molar-refractivity contribution in [3.8, 4) is 5.75 Å². The molecule has 0 bridgehead atoms. The number of aromatic hydroxyl groups is 1. The minimum absolute atomic E-state index is 0.319. The molecule has 0 heterocycles. The molecule has 0 saturated carbocycles. The Labute approximate surface area is 84.5 Å². The zero-order valence-corrected chi connectivity index (χ0v) is 8.59. The summed E-state index contributed by atoms with van der Waals surface area (Å²) in [4.78, 5) is 0. The van der Waals surface area contributed by atoms with Crippen LogP contribution >= 0.6 is 12.6 Å². The van der Waals surface area contributed by atoms with Gasteiger partial charge in [-0.05, 0) is 31.0 Å². The van der Waals surface area contributed by atoms with E-state index in [1.54, 1.807) is 12.1 Å². The van der Waals surface area contributed by atoms with E-state index in [1.165, 1.54) is 11.1 Å². The maximum atomic E-state index is 9.07. The molecule has 0 radical (unpaired) electrons. The smallest absolute Gasteiger partial charge is 0.115 e. The van der Waals surface area contributed by atoms with Crippen LogP contribution in [0.1, 0.15) is 12.5 Å². The summed E-state index contributed by atoms with van der Waals surface area (Å²) < 4.78 is 0. The number of benzene rings is 1. The first-order chi connectivity index (χ1) is 6.22. The Morgan fingerprint density at radius 2 is 2.00 bits per heavy atom. The Balaban J connectivity index is 2.64. The SMILES string of the molecule is CC(=CCS)Cc1ccc(O)cc1. The molecule has 1 N–H and O–H groups in total. The Morgan fingerprint density at radius 1 is 1.38 bits per heavy atom. The van der Waals surface area contributed by atoms with Crippen LogP contribution in [0.2, 0.25) is 0 Å². The van der Waals surface area contributed by atoms with Crippen molar-refractivity contribution in [1.29, 1.82) is 0 Å². The molecule has 0 atom stereocenters. The number of hydrogen-bond acceptors (Lipinski definition) is 2. The van der Waals surface area contributed by atoms with Crippen LogP contribution in [0.5, 0.6) is 5.75 Å². The van der Waals surface area contributed by atoms with E-state index in [9.17, 15) is 0 Å². The van der Waals surface area contributed by atoms with Crippen molar-refractivity contribution in [2.24, 2.45) is 0 Å². The van der Waals surface area contributed by atoms with Crippen molar-refractivity contribution in [2.45, 2.75) is 13.3 Å². The fourth-order valence-corrected chi connectivity index (χ4v) is 1.48. The molecule has 70 valence electrons. The number of phenols is 1. The molecule has 1 nitrogen and oxygen atoms in total. The van der Waals surface area contributed by atoms with E-state index < -0.39 is 0 Å². The average molecular weight is 194 g/mol. The van der Waals surface area contributed by atoms with Crippen LogP contribution in [0, 0.1) is 0 Å². The number of rotatable bonds is 3. The summed E-state index contributed by atoms with van der Waals surface area (Å²) in [6.45, 7) is 2.09. The van der Waals surface area contributed by atoms with Gasteiger partial charge in [0.05, 0.1) is 0 Å². The largest absolute Gasteiger partial charge is 0.508 e. The van der Waals surface area contributed by atoms with Gasteiger partial charge in [0.25, 0.3) is 0 Å². The molecule has 0 aliphatic rings. The molecule has 13 heavy (non-hydrogen) atoms. The van der Waals surface area contributed by atoms with Gasteiger partial charge in [-0.2, -0.15) is 12.6 Å². The van der Waals surface area contributed by atoms with E-state index in [2.05, 4.69) is 25.6 Å². The van der Waals surface area contributed by atoms with Gasteiger partial charge in [0, 0.05) is 5.75 Å². The molecule has 0 saturated heterocycles. The van der Waals surface area contributed by atoms with Crippen molar-refractivity contribution in [1.82, 2.24) is 0 Å². The van der Waals surface area contributed by atoms with Gasteiger partial charge < -0.3 is 5.11 Å². The molecule has 0 fully saturated rings. The van der Waals surface area contributed by atoms with Gasteiger partial charge in [0.2, 0.25) is 0 Å². The molecule has 1 rings (SSSR count). The highest BCUT2D eigenvalue weighted by Gasteiger charge is 1.94. The Hall–Kier alpha value is -0.890. The zero-order valence-electron chi connectivity index (χ0n) is 7.70. The predicted molar refractivity (Wildman–Crippen MR) is 59.4 cm³/mol. The van der Waals surface area contributed by atoms with Gasteiger partial charge in [0.15, 0.2) is 0 Å². The summed E-state index contributed by atoms with van der Waals surface area (Å²) in [5.41, 5.74) is 2.52. The molecule has 0 spiro atoms. The second-order valence-corrected chi connectivity index (χ2v) is 3.44. The van der Waals surface area contributed by atoms with Gasteiger partial charge in [-0.15, -0.1) is 0 Å². The molecule has 0 unspecified atom stereocenters. The van der Waals surface area contributed by atoms with Crippen molar-refractivity contribution in [2.75, 3.05) is 5.75 Å². The lowest BCUT2D eigenvalue weighted by molar-refractivity contribution is 0.475. The Morgan fingerprint density at radius 3 is 2.54 bits per heavy atom. The monoisotopic (exact) mass is 194 g/mol. The topological polar surface area (TPSA) is 20.2 Å². The van der Waals surface area contributed by atoms with E-state index in [0.717, 1.165) is 12.2 Å². The fourth-order valence-electron chi connectivity index (χ4n) is 1.16.